The second-order valence-electron chi connectivity index (χ2n) is 9.45. The lowest BCUT2D eigenvalue weighted by Gasteiger charge is -2.40. The maximum atomic E-state index is 6.24. The SMILES string of the molecule is Cc1ccc2c(cnn2C[C@H](C)CN2[C@@H]3CC[C@H]2CC(OCC2CC2)C3)c1. The third kappa shape index (κ3) is 3.79. The molecule has 4 heteroatoms. The number of benzene rings is 1. The summed E-state index contributed by atoms with van der Waals surface area (Å²) in [4.78, 5) is 2.80. The highest BCUT2D eigenvalue weighted by molar-refractivity contribution is 5.79. The van der Waals surface area contributed by atoms with Crippen molar-refractivity contribution in [2.75, 3.05) is 13.2 Å². The zero-order chi connectivity index (χ0) is 18.4. The van der Waals surface area contributed by atoms with Gasteiger partial charge >= 0.3 is 0 Å². The van der Waals surface area contributed by atoms with Crippen LogP contribution in [-0.2, 0) is 11.3 Å². The molecular formula is C23H33N3O. The van der Waals surface area contributed by atoms with E-state index in [0.29, 0.717) is 12.0 Å². The van der Waals surface area contributed by atoms with E-state index >= 15 is 0 Å². The third-order valence-electron chi connectivity index (χ3n) is 6.91. The molecule has 2 bridgehead atoms. The number of fused-ring (bicyclic) bond motifs is 3. The highest BCUT2D eigenvalue weighted by atomic mass is 16.5. The maximum absolute atomic E-state index is 6.24. The maximum Gasteiger partial charge on any atom is 0.0682 e. The van der Waals surface area contributed by atoms with Gasteiger partial charge in [-0.1, -0.05) is 18.6 Å². The lowest BCUT2D eigenvalue weighted by atomic mass is 9.98. The number of hydrogen-bond donors (Lipinski definition) is 0. The highest BCUT2D eigenvalue weighted by Gasteiger charge is 2.41. The summed E-state index contributed by atoms with van der Waals surface area (Å²) in [5.41, 5.74) is 2.57. The van der Waals surface area contributed by atoms with Crippen molar-refractivity contribution in [2.24, 2.45) is 11.8 Å². The van der Waals surface area contributed by atoms with E-state index in [2.05, 4.69) is 46.7 Å². The van der Waals surface area contributed by atoms with Gasteiger partial charge in [-0.15, -0.1) is 0 Å². The van der Waals surface area contributed by atoms with Gasteiger partial charge in [0.15, 0.2) is 0 Å². The molecule has 1 aromatic carbocycles. The largest absolute Gasteiger partial charge is 0.378 e. The van der Waals surface area contributed by atoms with Gasteiger partial charge in [0.25, 0.3) is 0 Å². The Morgan fingerprint density at radius 2 is 1.89 bits per heavy atom. The Morgan fingerprint density at radius 1 is 1.11 bits per heavy atom. The molecule has 0 radical (unpaired) electrons. The summed E-state index contributed by atoms with van der Waals surface area (Å²) in [5, 5.41) is 5.92. The second-order valence-corrected chi connectivity index (χ2v) is 9.45. The Labute approximate surface area is 162 Å². The first-order valence-corrected chi connectivity index (χ1v) is 10.9. The summed E-state index contributed by atoms with van der Waals surface area (Å²) >= 11 is 0. The molecule has 0 spiro atoms. The van der Waals surface area contributed by atoms with Crippen molar-refractivity contribution in [3.05, 3.63) is 30.0 Å². The summed E-state index contributed by atoms with van der Waals surface area (Å²) < 4.78 is 8.44. The van der Waals surface area contributed by atoms with E-state index in [1.807, 2.05) is 6.20 Å². The second kappa shape index (κ2) is 7.21. The fourth-order valence-electron chi connectivity index (χ4n) is 5.28. The predicted molar refractivity (Wildman–Crippen MR) is 109 cm³/mol. The molecule has 4 nitrogen and oxygen atoms in total. The molecule has 27 heavy (non-hydrogen) atoms. The van der Waals surface area contributed by atoms with Crippen LogP contribution in [0.4, 0.5) is 0 Å². The molecule has 2 aliphatic heterocycles. The molecule has 2 saturated heterocycles. The monoisotopic (exact) mass is 367 g/mol. The van der Waals surface area contributed by atoms with E-state index in [1.54, 1.807) is 0 Å². The zero-order valence-electron chi connectivity index (χ0n) is 16.8. The highest BCUT2D eigenvalue weighted by Crippen LogP contribution is 2.38. The van der Waals surface area contributed by atoms with Gasteiger partial charge in [0, 0.05) is 37.2 Å². The zero-order valence-corrected chi connectivity index (χ0v) is 16.8. The molecular weight excluding hydrogens is 334 g/mol. The fraction of sp³-hybridized carbons (Fsp3) is 0.696. The first-order chi connectivity index (χ1) is 13.2. The molecule has 3 aliphatic rings. The van der Waals surface area contributed by atoms with Crippen molar-refractivity contribution < 1.29 is 4.74 Å². The molecule has 146 valence electrons. The Morgan fingerprint density at radius 3 is 2.63 bits per heavy atom. The van der Waals surface area contributed by atoms with Crippen molar-refractivity contribution in [1.29, 1.82) is 0 Å². The molecule has 1 unspecified atom stereocenters. The first kappa shape index (κ1) is 17.7. The number of ether oxygens (including phenoxy) is 1. The summed E-state index contributed by atoms with van der Waals surface area (Å²) in [7, 11) is 0. The van der Waals surface area contributed by atoms with Crippen molar-refractivity contribution >= 4 is 10.9 Å². The van der Waals surface area contributed by atoms with Gasteiger partial charge in [-0.25, -0.2) is 0 Å². The van der Waals surface area contributed by atoms with Gasteiger partial charge in [-0.05, 0) is 69.4 Å². The van der Waals surface area contributed by atoms with E-state index in [0.717, 1.165) is 31.2 Å². The quantitative estimate of drug-likeness (QED) is 0.726. The van der Waals surface area contributed by atoms with Crippen LogP contribution in [0.25, 0.3) is 10.9 Å². The lowest BCUT2D eigenvalue weighted by molar-refractivity contribution is -0.0276. The molecule has 3 heterocycles. The van der Waals surface area contributed by atoms with Crippen LogP contribution >= 0.6 is 0 Å². The lowest BCUT2D eigenvalue weighted by Crippen LogP contribution is -2.47. The number of hydrogen-bond acceptors (Lipinski definition) is 3. The van der Waals surface area contributed by atoms with Gasteiger partial charge in [0.05, 0.1) is 17.8 Å². The Bertz CT molecular complexity index is 782. The van der Waals surface area contributed by atoms with Gasteiger partial charge in [-0.2, -0.15) is 5.10 Å². The van der Waals surface area contributed by atoms with Crippen molar-refractivity contribution in [2.45, 2.75) is 77.1 Å². The molecule has 1 aliphatic carbocycles. The van der Waals surface area contributed by atoms with Crippen LogP contribution in [0.5, 0.6) is 0 Å². The Balaban J connectivity index is 1.19. The summed E-state index contributed by atoms with van der Waals surface area (Å²) in [6.45, 7) is 7.75. The summed E-state index contributed by atoms with van der Waals surface area (Å²) in [5.74, 6) is 1.50. The van der Waals surface area contributed by atoms with Gasteiger partial charge in [0.2, 0.25) is 0 Å². The number of rotatable bonds is 7. The molecule has 0 N–H and O–H groups in total. The average Bonchev–Trinajstić information content (AvgIpc) is 3.36. The van der Waals surface area contributed by atoms with E-state index in [4.69, 9.17) is 4.74 Å². The minimum atomic E-state index is 0.521. The number of aryl methyl sites for hydroxylation is 1. The van der Waals surface area contributed by atoms with E-state index in [1.165, 1.54) is 61.5 Å². The number of piperidine rings is 1. The normalized spacial score (nSPS) is 29.5. The fourth-order valence-corrected chi connectivity index (χ4v) is 5.28. The minimum absolute atomic E-state index is 0.521. The average molecular weight is 368 g/mol. The predicted octanol–water partition coefficient (Wildman–Crippen LogP) is 4.40. The van der Waals surface area contributed by atoms with Crippen LogP contribution in [0.3, 0.4) is 0 Å². The Hall–Kier alpha value is -1.39. The van der Waals surface area contributed by atoms with Crippen molar-refractivity contribution in [1.82, 2.24) is 14.7 Å². The number of aromatic nitrogens is 2. The van der Waals surface area contributed by atoms with Crippen LogP contribution in [0.2, 0.25) is 0 Å². The molecule has 3 fully saturated rings. The minimum Gasteiger partial charge on any atom is -0.378 e. The molecule has 0 amide bonds. The molecule has 1 saturated carbocycles. The molecule has 4 atom stereocenters. The van der Waals surface area contributed by atoms with Gasteiger partial charge < -0.3 is 4.74 Å². The van der Waals surface area contributed by atoms with Crippen LogP contribution < -0.4 is 0 Å². The van der Waals surface area contributed by atoms with Crippen LogP contribution in [0.15, 0.2) is 24.4 Å². The first-order valence-electron chi connectivity index (χ1n) is 10.9. The molecule has 5 rings (SSSR count). The van der Waals surface area contributed by atoms with Crippen LogP contribution in [-0.4, -0.2) is 46.0 Å². The summed E-state index contributed by atoms with van der Waals surface area (Å²) in [6, 6.07) is 8.13. The van der Waals surface area contributed by atoms with Crippen LogP contribution in [0.1, 0.15) is 51.0 Å². The number of nitrogens with zero attached hydrogens (tertiary/aromatic N) is 3. The topological polar surface area (TPSA) is 30.3 Å². The Kier molecular flexibility index (Phi) is 4.73. The summed E-state index contributed by atoms with van der Waals surface area (Å²) in [6.07, 6.45) is 10.6. The molecule has 1 aromatic heterocycles. The van der Waals surface area contributed by atoms with Crippen molar-refractivity contribution in [3.63, 3.8) is 0 Å². The van der Waals surface area contributed by atoms with E-state index < -0.39 is 0 Å². The standard InChI is InChI=1S/C23H33N3O/c1-16-3-8-23-19(9-16)12-24-26(23)14-17(2)13-25-20-6-7-21(25)11-22(10-20)27-15-18-4-5-18/h3,8-9,12,17-18,20-22H,4-7,10-11,13-15H2,1-2H3/t17-,20-,21+,22?/m1/s1. The smallest absolute Gasteiger partial charge is 0.0682 e. The molecule has 2 aromatic rings. The van der Waals surface area contributed by atoms with Gasteiger partial charge in [0.1, 0.15) is 0 Å². The third-order valence-corrected chi connectivity index (χ3v) is 6.91. The van der Waals surface area contributed by atoms with Crippen LogP contribution in [0, 0.1) is 18.8 Å². The van der Waals surface area contributed by atoms with Gasteiger partial charge in [-0.3, -0.25) is 9.58 Å². The van der Waals surface area contributed by atoms with E-state index in [-0.39, 0.29) is 0 Å². The van der Waals surface area contributed by atoms with E-state index in [9.17, 15) is 0 Å². The van der Waals surface area contributed by atoms with Crippen molar-refractivity contribution in [3.8, 4) is 0 Å².